The number of Topliss-reactive ketones (excluding diaryl/α,β-unsaturated/α-hetero) is 1. The van der Waals surface area contributed by atoms with E-state index in [1.54, 1.807) is 0 Å². The third-order valence-electron chi connectivity index (χ3n) is 1.57. The van der Waals surface area contributed by atoms with E-state index in [-0.39, 0.29) is 26.8 Å². The number of nitrogens with one attached hydrogen (secondary N) is 2. The molecule has 0 aromatic heterocycles. The Balaban J connectivity index is -0.000000249. The summed E-state index contributed by atoms with van der Waals surface area (Å²) in [5.41, 5.74) is 0. The zero-order chi connectivity index (χ0) is 11.4. The topological polar surface area (TPSA) is 41.1 Å². The van der Waals surface area contributed by atoms with E-state index < -0.39 is 0 Å². The summed E-state index contributed by atoms with van der Waals surface area (Å²) in [6.07, 6.45) is 0.590. The molecule has 0 aliphatic carbocycles. The Kier molecular flexibility index (Phi) is 22.7. The number of carbonyl (C=O) groups is 1. The predicted molar refractivity (Wildman–Crippen MR) is 61.7 cm³/mol. The van der Waals surface area contributed by atoms with Crippen LogP contribution in [-0.2, 0) is 25.9 Å². The Bertz CT molecular complexity index is 130. The van der Waals surface area contributed by atoms with E-state index in [4.69, 9.17) is 0 Å². The fourth-order valence-electron chi connectivity index (χ4n) is 0.852. The van der Waals surface area contributed by atoms with Gasteiger partial charge in [0.15, 0.2) is 0 Å². The van der Waals surface area contributed by atoms with Crippen LogP contribution in [0.5, 0.6) is 0 Å². The molecule has 0 radical (unpaired) electrons. The van der Waals surface area contributed by atoms with Crippen molar-refractivity contribution in [3.05, 3.63) is 14.0 Å². The van der Waals surface area contributed by atoms with Crippen molar-refractivity contribution in [1.29, 1.82) is 0 Å². The fourth-order valence-corrected chi connectivity index (χ4v) is 0.852. The van der Waals surface area contributed by atoms with E-state index in [1.807, 2.05) is 13.8 Å². The minimum atomic E-state index is 0. The van der Waals surface area contributed by atoms with Crippen molar-refractivity contribution < 1.29 is 25.9 Å². The first-order valence-corrected chi connectivity index (χ1v) is 5.13. The SMILES string of the molecule is [CH2-]C(=O)CC(C)CNCC.[CH2-]NCC.[W+2]. The average molecular weight is 384 g/mol. The Hall–Kier alpha value is 0.148. The second kappa shape index (κ2) is 16.6. The summed E-state index contributed by atoms with van der Waals surface area (Å²) in [6, 6.07) is 0. The van der Waals surface area contributed by atoms with Gasteiger partial charge in [-0.05, 0) is 37.8 Å². The number of hydrogen-bond acceptors (Lipinski definition) is 3. The van der Waals surface area contributed by atoms with Crippen LogP contribution in [-0.4, -0.2) is 25.4 Å². The van der Waals surface area contributed by atoms with Crippen LogP contribution in [0.3, 0.4) is 0 Å². The molecule has 0 amide bonds. The molecule has 0 aromatic rings. The van der Waals surface area contributed by atoms with Gasteiger partial charge in [-0.3, -0.25) is 7.05 Å². The molecule has 3 nitrogen and oxygen atoms in total. The van der Waals surface area contributed by atoms with Crippen LogP contribution >= 0.6 is 0 Å². The normalized spacial score (nSPS) is 10.7. The van der Waals surface area contributed by atoms with E-state index in [0.717, 1.165) is 19.6 Å². The molecule has 1 unspecified atom stereocenters. The molecule has 1 atom stereocenters. The molecule has 0 aromatic carbocycles. The summed E-state index contributed by atoms with van der Waals surface area (Å²) in [4.78, 5) is 10.5. The third kappa shape index (κ3) is 24.9. The Labute approximate surface area is 109 Å². The van der Waals surface area contributed by atoms with Gasteiger partial charge in [0, 0.05) is 0 Å². The van der Waals surface area contributed by atoms with Gasteiger partial charge in [-0.15, -0.1) is 0 Å². The van der Waals surface area contributed by atoms with E-state index in [9.17, 15) is 4.79 Å². The molecule has 0 rings (SSSR count). The zero-order valence-corrected chi connectivity index (χ0v) is 13.1. The van der Waals surface area contributed by atoms with Gasteiger partial charge in [0.2, 0.25) is 0 Å². The number of carbonyl (C=O) groups excluding carboxylic acids is 1. The first-order valence-electron chi connectivity index (χ1n) is 5.13. The van der Waals surface area contributed by atoms with Crippen LogP contribution < -0.4 is 10.6 Å². The number of ketones is 1. The third-order valence-corrected chi connectivity index (χ3v) is 1.57. The van der Waals surface area contributed by atoms with Crippen LogP contribution in [0.2, 0.25) is 0 Å². The van der Waals surface area contributed by atoms with Gasteiger partial charge in [0.05, 0.1) is 0 Å². The van der Waals surface area contributed by atoms with Gasteiger partial charge in [0.25, 0.3) is 0 Å². The second-order valence-corrected chi connectivity index (χ2v) is 3.26. The van der Waals surface area contributed by atoms with Gasteiger partial charge < -0.3 is 22.4 Å². The minimum absolute atomic E-state index is 0. The smallest absolute Gasteiger partial charge is 0.473 e. The summed E-state index contributed by atoms with van der Waals surface area (Å²) in [5, 5.41) is 5.85. The molecule has 0 fully saturated rings. The van der Waals surface area contributed by atoms with Crippen molar-refractivity contribution >= 4 is 5.78 Å². The maximum atomic E-state index is 10.5. The van der Waals surface area contributed by atoms with Crippen LogP contribution in [0.1, 0.15) is 27.2 Å². The van der Waals surface area contributed by atoms with Crippen molar-refractivity contribution in [1.82, 2.24) is 10.6 Å². The van der Waals surface area contributed by atoms with Gasteiger partial charge in [-0.1, -0.05) is 20.8 Å². The van der Waals surface area contributed by atoms with E-state index >= 15 is 0 Å². The molecule has 90 valence electrons. The molecule has 4 heteroatoms. The van der Waals surface area contributed by atoms with Crippen molar-refractivity contribution in [3.8, 4) is 0 Å². The molecule has 2 N–H and O–H groups in total. The fraction of sp³-hybridized carbons (Fsp3) is 0.727. The summed E-state index contributed by atoms with van der Waals surface area (Å²) in [5.74, 6) is 0.454. The quantitative estimate of drug-likeness (QED) is 0.681. The van der Waals surface area contributed by atoms with E-state index in [1.165, 1.54) is 0 Å². The molecule has 0 bridgehead atoms. The maximum Gasteiger partial charge on any atom is 2.00 e. The molecule has 0 heterocycles. The summed E-state index contributed by atoms with van der Waals surface area (Å²) < 4.78 is 0. The summed E-state index contributed by atoms with van der Waals surface area (Å²) in [6.45, 7) is 12.3. The monoisotopic (exact) mass is 384 g/mol. The minimum Gasteiger partial charge on any atom is -0.473 e. The molecule has 0 saturated carbocycles. The van der Waals surface area contributed by atoms with Crippen LogP contribution in [0, 0.1) is 19.9 Å². The zero-order valence-electron chi connectivity index (χ0n) is 10.1. The number of hydrogen-bond donors (Lipinski definition) is 2. The van der Waals surface area contributed by atoms with E-state index in [2.05, 4.69) is 31.5 Å². The molecule has 0 spiro atoms. The molecular weight excluding hydrogens is 360 g/mol. The first-order chi connectivity index (χ1) is 6.58. The number of rotatable bonds is 6. The van der Waals surface area contributed by atoms with Gasteiger partial charge in [-0.25, -0.2) is 0 Å². The average Bonchev–Trinajstić information content (AvgIpc) is 2.14. The van der Waals surface area contributed by atoms with Crippen molar-refractivity contribution in [2.45, 2.75) is 27.2 Å². The van der Waals surface area contributed by atoms with Crippen LogP contribution in [0.4, 0.5) is 0 Å². The van der Waals surface area contributed by atoms with Gasteiger partial charge >= 0.3 is 21.1 Å². The largest absolute Gasteiger partial charge is 2.00 e. The van der Waals surface area contributed by atoms with Crippen LogP contribution in [0.15, 0.2) is 0 Å². The molecule has 0 saturated heterocycles. The maximum absolute atomic E-state index is 10.5. The van der Waals surface area contributed by atoms with Gasteiger partial charge in [0.1, 0.15) is 0 Å². The Morgan fingerprint density at radius 2 is 1.80 bits per heavy atom. The Morgan fingerprint density at radius 1 is 1.33 bits per heavy atom. The molecule has 15 heavy (non-hydrogen) atoms. The Morgan fingerprint density at radius 3 is 2.07 bits per heavy atom. The second-order valence-electron chi connectivity index (χ2n) is 3.26. The predicted octanol–water partition coefficient (Wildman–Crippen LogP) is 1.41. The molecule has 0 aliphatic rings. The van der Waals surface area contributed by atoms with Crippen molar-refractivity contribution in [2.75, 3.05) is 19.6 Å². The first kappa shape index (κ1) is 20.5. The van der Waals surface area contributed by atoms with Crippen molar-refractivity contribution in [2.24, 2.45) is 5.92 Å². The van der Waals surface area contributed by atoms with Crippen molar-refractivity contribution in [3.63, 3.8) is 0 Å². The standard InChI is InChI=1S/C8H16NO.C3H8N.W/c1-4-9-6-7(2)5-8(3)10;1-3-4-2;/h7,9H,3-6H2,1-2H3;4H,2-3H2,1H3;/q2*-1;+2. The van der Waals surface area contributed by atoms with Crippen LogP contribution in [0.25, 0.3) is 0 Å². The van der Waals surface area contributed by atoms with Gasteiger partial charge in [-0.2, -0.15) is 0 Å². The summed E-state index contributed by atoms with van der Waals surface area (Å²) in [7, 11) is 3.35. The van der Waals surface area contributed by atoms with E-state index in [0.29, 0.717) is 12.3 Å². The molecular formula is C11H24N2OW. The molecule has 0 aliphatic heterocycles. The summed E-state index contributed by atoms with van der Waals surface area (Å²) >= 11 is 0.